The second kappa shape index (κ2) is 6.72. The summed E-state index contributed by atoms with van der Waals surface area (Å²) in [6.45, 7) is 2.86. The lowest BCUT2D eigenvalue weighted by atomic mass is 10.2. The van der Waals surface area contributed by atoms with E-state index in [9.17, 15) is 4.79 Å². The summed E-state index contributed by atoms with van der Waals surface area (Å²) in [6, 6.07) is 7.37. The van der Waals surface area contributed by atoms with Crippen molar-refractivity contribution in [2.24, 2.45) is 0 Å². The molecule has 6 heteroatoms. The summed E-state index contributed by atoms with van der Waals surface area (Å²) >= 11 is 7.63. The van der Waals surface area contributed by atoms with E-state index in [1.165, 1.54) is 0 Å². The molecule has 0 bridgehead atoms. The molecule has 0 aliphatic rings. The van der Waals surface area contributed by atoms with Crippen LogP contribution in [0.2, 0.25) is 5.02 Å². The molecule has 1 aromatic heterocycles. The van der Waals surface area contributed by atoms with E-state index >= 15 is 0 Å². The second-order valence-corrected chi connectivity index (χ2v) is 5.84. The van der Waals surface area contributed by atoms with Gasteiger partial charge in [-0.05, 0) is 18.6 Å². The van der Waals surface area contributed by atoms with Crippen LogP contribution in [0.25, 0.3) is 0 Å². The second-order valence-electron chi connectivity index (χ2n) is 4.49. The third-order valence-corrected chi connectivity index (χ3v) is 4.10. The molecule has 2 rings (SSSR count). The van der Waals surface area contributed by atoms with Gasteiger partial charge in [-0.15, -0.1) is 11.3 Å². The summed E-state index contributed by atoms with van der Waals surface area (Å²) in [5.74, 6) is 0. The van der Waals surface area contributed by atoms with Gasteiger partial charge in [0.05, 0.1) is 6.54 Å². The van der Waals surface area contributed by atoms with Crippen molar-refractivity contribution < 1.29 is 4.79 Å². The minimum atomic E-state index is -0.141. The molecule has 0 fully saturated rings. The van der Waals surface area contributed by atoms with Crippen LogP contribution in [0.4, 0.5) is 4.79 Å². The molecular formula is C14H16ClN3OS. The number of amides is 2. The molecule has 0 saturated carbocycles. The molecule has 4 nitrogen and oxygen atoms in total. The van der Waals surface area contributed by atoms with Gasteiger partial charge in [0, 0.05) is 29.7 Å². The topological polar surface area (TPSA) is 45.2 Å². The molecule has 106 valence electrons. The summed E-state index contributed by atoms with van der Waals surface area (Å²) < 4.78 is 0. The van der Waals surface area contributed by atoms with Crippen LogP contribution in [0.1, 0.15) is 16.3 Å². The molecule has 1 N–H and O–H groups in total. The molecule has 0 radical (unpaired) electrons. The minimum Gasteiger partial charge on any atom is -0.331 e. The molecule has 0 aliphatic carbocycles. The summed E-state index contributed by atoms with van der Waals surface area (Å²) in [5, 5.41) is 6.38. The number of rotatable bonds is 4. The Hall–Kier alpha value is -1.59. The first-order valence-electron chi connectivity index (χ1n) is 6.19. The Morgan fingerprint density at radius 3 is 2.85 bits per heavy atom. The third-order valence-electron chi connectivity index (χ3n) is 2.77. The fourth-order valence-corrected chi connectivity index (χ4v) is 2.63. The molecule has 0 aliphatic heterocycles. The number of carbonyl (C=O) groups excluding carboxylic acids is 1. The zero-order valence-electron chi connectivity index (χ0n) is 11.4. The van der Waals surface area contributed by atoms with Crippen molar-refractivity contribution in [2.45, 2.75) is 20.0 Å². The van der Waals surface area contributed by atoms with Crippen LogP contribution in [-0.2, 0) is 13.1 Å². The van der Waals surface area contributed by atoms with Gasteiger partial charge in [-0.2, -0.15) is 0 Å². The number of nitrogens with zero attached hydrogens (tertiary/aromatic N) is 2. The lowest BCUT2D eigenvalue weighted by Crippen LogP contribution is -2.36. The van der Waals surface area contributed by atoms with Crippen LogP contribution in [-0.4, -0.2) is 23.0 Å². The largest absolute Gasteiger partial charge is 0.331 e. The zero-order valence-corrected chi connectivity index (χ0v) is 13.0. The van der Waals surface area contributed by atoms with Crippen LogP contribution in [0.3, 0.4) is 0 Å². The maximum Gasteiger partial charge on any atom is 0.317 e. The number of halogens is 1. The fraction of sp³-hybridized carbons (Fsp3) is 0.286. The summed E-state index contributed by atoms with van der Waals surface area (Å²) in [5.41, 5.74) is 1.90. The minimum absolute atomic E-state index is 0.141. The SMILES string of the molecule is Cc1csc(CNC(=O)N(C)Cc2ccccc2Cl)n1. The molecule has 2 aromatic rings. The van der Waals surface area contributed by atoms with Gasteiger partial charge in [-0.25, -0.2) is 9.78 Å². The highest BCUT2D eigenvalue weighted by Crippen LogP contribution is 2.16. The maximum absolute atomic E-state index is 12.0. The molecule has 0 spiro atoms. The van der Waals surface area contributed by atoms with Crippen molar-refractivity contribution in [3.63, 3.8) is 0 Å². The normalized spacial score (nSPS) is 10.3. The number of hydrogen-bond acceptors (Lipinski definition) is 3. The number of aryl methyl sites for hydroxylation is 1. The van der Waals surface area contributed by atoms with E-state index in [0.29, 0.717) is 18.1 Å². The smallest absolute Gasteiger partial charge is 0.317 e. The Morgan fingerprint density at radius 2 is 2.20 bits per heavy atom. The summed E-state index contributed by atoms with van der Waals surface area (Å²) in [6.07, 6.45) is 0. The van der Waals surface area contributed by atoms with Gasteiger partial charge >= 0.3 is 6.03 Å². The Kier molecular flexibility index (Phi) is 4.98. The molecule has 0 atom stereocenters. The predicted octanol–water partition coefficient (Wildman–Crippen LogP) is 3.45. The van der Waals surface area contributed by atoms with Gasteiger partial charge in [0.25, 0.3) is 0 Å². The predicted molar refractivity (Wildman–Crippen MR) is 82.0 cm³/mol. The number of urea groups is 1. The van der Waals surface area contributed by atoms with Gasteiger partial charge in [-0.1, -0.05) is 29.8 Å². The highest BCUT2D eigenvalue weighted by molar-refractivity contribution is 7.09. The van der Waals surface area contributed by atoms with Crippen LogP contribution < -0.4 is 5.32 Å². The first-order valence-corrected chi connectivity index (χ1v) is 7.45. The van der Waals surface area contributed by atoms with E-state index in [1.54, 1.807) is 23.3 Å². The fourth-order valence-electron chi connectivity index (χ4n) is 1.72. The number of thiazole rings is 1. The first-order chi connectivity index (χ1) is 9.56. The molecule has 2 amide bonds. The van der Waals surface area contributed by atoms with Gasteiger partial charge in [0.2, 0.25) is 0 Å². The number of hydrogen-bond donors (Lipinski definition) is 1. The van der Waals surface area contributed by atoms with Crippen LogP contribution >= 0.6 is 22.9 Å². The highest BCUT2D eigenvalue weighted by Gasteiger charge is 2.11. The van der Waals surface area contributed by atoms with E-state index in [0.717, 1.165) is 16.3 Å². The number of nitrogens with one attached hydrogen (secondary N) is 1. The molecule has 0 saturated heterocycles. The van der Waals surface area contributed by atoms with E-state index in [2.05, 4.69) is 10.3 Å². The Labute approximate surface area is 127 Å². The monoisotopic (exact) mass is 309 g/mol. The summed E-state index contributed by atoms with van der Waals surface area (Å²) in [7, 11) is 1.74. The quantitative estimate of drug-likeness (QED) is 0.940. The van der Waals surface area contributed by atoms with E-state index < -0.39 is 0 Å². The average molecular weight is 310 g/mol. The maximum atomic E-state index is 12.0. The first kappa shape index (κ1) is 14.8. The highest BCUT2D eigenvalue weighted by atomic mass is 35.5. The van der Waals surface area contributed by atoms with Crippen molar-refractivity contribution in [1.82, 2.24) is 15.2 Å². The van der Waals surface area contributed by atoms with Crippen LogP contribution in [0, 0.1) is 6.92 Å². The summed E-state index contributed by atoms with van der Waals surface area (Å²) in [4.78, 5) is 17.9. The molecule has 1 heterocycles. The third kappa shape index (κ3) is 3.95. The van der Waals surface area contributed by atoms with Crippen LogP contribution in [0.15, 0.2) is 29.6 Å². The van der Waals surface area contributed by atoms with E-state index in [-0.39, 0.29) is 6.03 Å². The lowest BCUT2D eigenvalue weighted by molar-refractivity contribution is 0.206. The zero-order chi connectivity index (χ0) is 14.5. The Bertz CT molecular complexity index is 600. The number of benzene rings is 1. The number of carbonyl (C=O) groups is 1. The number of aromatic nitrogens is 1. The van der Waals surface area contributed by atoms with Gasteiger partial charge in [0.15, 0.2) is 0 Å². The lowest BCUT2D eigenvalue weighted by Gasteiger charge is -2.18. The van der Waals surface area contributed by atoms with Crippen molar-refractivity contribution >= 4 is 29.0 Å². The molecule has 0 unspecified atom stereocenters. The molecule has 1 aromatic carbocycles. The molecule has 20 heavy (non-hydrogen) atoms. The Balaban J connectivity index is 1.87. The van der Waals surface area contributed by atoms with Gasteiger partial charge < -0.3 is 10.2 Å². The van der Waals surface area contributed by atoms with Crippen LogP contribution in [0.5, 0.6) is 0 Å². The van der Waals surface area contributed by atoms with E-state index in [4.69, 9.17) is 11.6 Å². The molecular weight excluding hydrogens is 294 g/mol. The van der Waals surface area contributed by atoms with E-state index in [1.807, 2.05) is 36.6 Å². The Morgan fingerprint density at radius 1 is 1.45 bits per heavy atom. The van der Waals surface area contributed by atoms with Gasteiger partial charge in [0.1, 0.15) is 5.01 Å². The van der Waals surface area contributed by atoms with Crippen molar-refractivity contribution in [3.8, 4) is 0 Å². The van der Waals surface area contributed by atoms with Crippen molar-refractivity contribution in [3.05, 3.63) is 50.9 Å². The average Bonchev–Trinajstić information content (AvgIpc) is 2.84. The standard InChI is InChI=1S/C14H16ClN3OS/c1-10-9-20-13(17-10)7-16-14(19)18(2)8-11-5-3-4-6-12(11)15/h3-6,9H,7-8H2,1-2H3,(H,16,19). The van der Waals surface area contributed by atoms with Gasteiger partial charge in [-0.3, -0.25) is 0 Å². The van der Waals surface area contributed by atoms with Crippen molar-refractivity contribution in [2.75, 3.05) is 7.05 Å². The van der Waals surface area contributed by atoms with Crippen molar-refractivity contribution in [1.29, 1.82) is 0 Å².